The molecule has 1 heterocycles. The fraction of sp³-hybridized carbons (Fsp3) is 0.857. The molecular weight excluding hydrogens is 174 g/mol. The maximum absolute atomic E-state index is 9.49. The van der Waals surface area contributed by atoms with Crippen molar-refractivity contribution >= 4 is 16.9 Å². The van der Waals surface area contributed by atoms with Crippen LogP contribution in [0.3, 0.4) is 0 Å². The number of aliphatic hydroxyl groups excluding tert-OH is 1. The molecule has 70 valence electrons. The predicted molar refractivity (Wildman–Crippen MR) is 51.4 cm³/mol. The van der Waals surface area contributed by atoms with Crippen LogP contribution >= 0.6 is 11.8 Å². The molecule has 1 fully saturated rings. The zero-order chi connectivity index (χ0) is 8.97. The molecule has 0 bridgehead atoms. The first kappa shape index (κ1) is 9.83. The summed E-state index contributed by atoms with van der Waals surface area (Å²) < 4.78 is 0. The fourth-order valence-corrected chi connectivity index (χ4v) is 1.98. The van der Waals surface area contributed by atoms with Crippen molar-refractivity contribution in [3.8, 4) is 0 Å². The quantitative estimate of drug-likeness (QED) is 0.356. The minimum Gasteiger partial charge on any atom is -0.391 e. The highest BCUT2D eigenvalue weighted by Crippen LogP contribution is 2.12. The highest BCUT2D eigenvalue weighted by atomic mass is 32.2. The van der Waals surface area contributed by atoms with Gasteiger partial charge in [0.2, 0.25) is 0 Å². The molecule has 2 unspecified atom stereocenters. The van der Waals surface area contributed by atoms with Crippen molar-refractivity contribution in [1.29, 1.82) is 5.41 Å². The molecule has 4 nitrogen and oxygen atoms in total. The molecule has 1 aliphatic rings. The van der Waals surface area contributed by atoms with Crippen LogP contribution in [0.4, 0.5) is 0 Å². The number of thioether (sulfide) groups is 1. The molecule has 5 N–H and O–H groups in total. The highest BCUT2D eigenvalue weighted by molar-refractivity contribution is 8.13. The van der Waals surface area contributed by atoms with Gasteiger partial charge in [0.1, 0.15) is 0 Å². The van der Waals surface area contributed by atoms with Crippen molar-refractivity contribution in [2.45, 2.75) is 25.0 Å². The first-order chi connectivity index (χ1) is 5.70. The zero-order valence-electron chi connectivity index (χ0n) is 6.92. The number of hydrogen-bond acceptors (Lipinski definition) is 4. The standard InChI is InChI=1S/C7H15N3OS/c8-7(9)12-4-5-6(11)2-1-3-10-5/h5-6,10-11H,1-4H2,(H3,8,9). The second kappa shape index (κ2) is 4.69. The third-order valence-corrected chi connectivity index (χ3v) is 2.80. The minimum atomic E-state index is -0.273. The van der Waals surface area contributed by atoms with Crippen molar-refractivity contribution in [1.82, 2.24) is 5.32 Å². The maximum atomic E-state index is 9.49. The van der Waals surface area contributed by atoms with Gasteiger partial charge in [-0.15, -0.1) is 0 Å². The molecule has 2 atom stereocenters. The topological polar surface area (TPSA) is 82.1 Å². The van der Waals surface area contributed by atoms with Gasteiger partial charge in [-0.3, -0.25) is 5.41 Å². The molecule has 0 aromatic rings. The minimum absolute atomic E-state index is 0.104. The summed E-state index contributed by atoms with van der Waals surface area (Å²) in [5.74, 6) is 0.691. The van der Waals surface area contributed by atoms with Crippen molar-refractivity contribution in [3.63, 3.8) is 0 Å². The largest absolute Gasteiger partial charge is 0.391 e. The molecular formula is C7H15N3OS. The summed E-state index contributed by atoms with van der Waals surface area (Å²) in [6.07, 6.45) is 1.61. The lowest BCUT2D eigenvalue weighted by Crippen LogP contribution is -2.46. The van der Waals surface area contributed by atoms with Gasteiger partial charge < -0.3 is 16.2 Å². The molecule has 0 amide bonds. The highest BCUT2D eigenvalue weighted by Gasteiger charge is 2.22. The Morgan fingerprint density at radius 2 is 2.50 bits per heavy atom. The van der Waals surface area contributed by atoms with Gasteiger partial charge >= 0.3 is 0 Å². The lowest BCUT2D eigenvalue weighted by atomic mass is 10.0. The van der Waals surface area contributed by atoms with Crippen LogP contribution in [0.1, 0.15) is 12.8 Å². The molecule has 1 rings (SSSR count). The summed E-state index contributed by atoms with van der Waals surface area (Å²) in [6, 6.07) is 0.104. The van der Waals surface area contributed by atoms with E-state index in [1.54, 1.807) is 0 Å². The van der Waals surface area contributed by atoms with E-state index in [9.17, 15) is 5.11 Å². The van der Waals surface area contributed by atoms with Crippen molar-refractivity contribution < 1.29 is 5.11 Å². The van der Waals surface area contributed by atoms with E-state index in [4.69, 9.17) is 11.1 Å². The van der Waals surface area contributed by atoms with Crippen LogP contribution in [-0.2, 0) is 0 Å². The number of piperidine rings is 1. The van der Waals surface area contributed by atoms with Crippen molar-refractivity contribution in [2.24, 2.45) is 5.73 Å². The Bertz CT molecular complexity index is 165. The van der Waals surface area contributed by atoms with E-state index in [1.165, 1.54) is 11.8 Å². The second-order valence-corrected chi connectivity index (χ2v) is 4.01. The van der Waals surface area contributed by atoms with E-state index < -0.39 is 0 Å². The Morgan fingerprint density at radius 3 is 3.08 bits per heavy atom. The number of aliphatic hydroxyl groups is 1. The normalized spacial score (nSPS) is 30.1. The van der Waals surface area contributed by atoms with Crippen LogP contribution in [0.5, 0.6) is 0 Å². The van der Waals surface area contributed by atoms with E-state index in [0.717, 1.165) is 19.4 Å². The van der Waals surface area contributed by atoms with Crippen LogP contribution in [0, 0.1) is 5.41 Å². The van der Waals surface area contributed by atoms with Gasteiger partial charge in [-0.1, -0.05) is 11.8 Å². The summed E-state index contributed by atoms with van der Waals surface area (Å²) in [6.45, 7) is 0.959. The van der Waals surface area contributed by atoms with Crippen LogP contribution in [0.25, 0.3) is 0 Å². The SMILES string of the molecule is N=C(N)SCC1NCCCC1O. The van der Waals surface area contributed by atoms with Crippen LogP contribution < -0.4 is 11.1 Å². The van der Waals surface area contributed by atoms with E-state index >= 15 is 0 Å². The van der Waals surface area contributed by atoms with Crippen LogP contribution in [0.2, 0.25) is 0 Å². The zero-order valence-corrected chi connectivity index (χ0v) is 7.73. The average Bonchev–Trinajstić information content (AvgIpc) is 2.03. The van der Waals surface area contributed by atoms with Crippen LogP contribution in [-0.4, -0.2) is 34.7 Å². The first-order valence-corrected chi connectivity index (χ1v) is 5.07. The fourth-order valence-electron chi connectivity index (χ4n) is 1.29. The molecule has 0 spiro atoms. The molecule has 0 aromatic carbocycles. The van der Waals surface area contributed by atoms with Crippen molar-refractivity contribution in [2.75, 3.05) is 12.3 Å². The number of hydrogen-bond donors (Lipinski definition) is 4. The lowest BCUT2D eigenvalue weighted by Gasteiger charge is -2.28. The monoisotopic (exact) mass is 189 g/mol. The molecule has 1 aliphatic heterocycles. The van der Waals surface area contributed by atoms with E-state index in [0.29, 0.717) is 5.75 Å². The van der Waals surface area contributed by atoms with Gasteiger partial charge in [0.25, 0.3) is 0 Å². The molecule has 0 aromatic heterocycles. The van der Waals surface area contributed by atoms with E-state index in [1.807, 2.05) is 0 Å². The van der Waals surface area contributed by atoms with Gasteiger partial charge in [-0.25, -0.2) is 0 Å². The number of rotatable bonds is 2. The summed E-state index contributed by atoms with van der Waals surface area (Å²) in [5.41, 5.74) is 5.19. The number of nitrogens with one attached hydrogen (secondary N) is 2. The van der Waals surface area contributed by atoms with E-state index in [2.05, 4.69) is 5.32 Å². The summed E-state index contributed by atoms with van der Waals surface area (Å²) in [5, 5.41) is 19.8. The summed E-state index contributed by atoms with van der Waals surface area (Å²) >= 11 is 1.28. The first-order valence-electron chi connectivity index (χ1n) is 4.08. The lowest BCUT2D eigenvalue weighted by molar-refractivity contribution is 0.106. The van der Waals surface area contributed by atoms with Gasteiger partial charge in [-0.05, 0) is 19.4 Å². The van der Waals surface area contributed by atoms with Gasteiger partial charge in [0.15, 0.2) is 5.17 Å². The molecule has 0 saturated carbocycles. The number of nitrogens with two attached hydrogens (primary N) is 1. The van der Waals surface area contributed by atoms with Crippen molar-refractivity contribution in [3.05, 3.63) is 0 Å². The second-order valence-electron chi connectivity index (χ2n) is 2.95. The molecule has 0 aliphatic carbocycles. The Morgan fingerprint density at radius 1 is 1.75 bits per heavy atom. The smallest absolute Gasteiger partial charge is 0.151 e. The Balaban J connectivity index is 2.24. The Hall–Kier alpha value is -0.260. The Kier molecular flexibility index (Phi) is 3.84. The van der Waals surface area contributed by atoms with Gasteiger partial charge in [0.05, 0.1) is 6.10 Å². The Labute approximate surface area is 76.4 Å². The van der Waals surface area contributed by atoms with E-state index in [-0.39, 0.29) is 17.3 Å². The van der Waals surface area contributed by atoms with Gasteiger partial charge in [-0.2, -0.15) is 0 Å². The van der Waals surface area contributed by atoms with Crippen LogP contribution in [0.15, 0.2) is 0 Å². The molecule has 5 heteroatoms. The third kappa shape index (κ3) is 3.00. The summed E-state index contributed by atoms with van der Waals surface area (Å²) in [4.78, 5) is 0. The average molecular weight is 189 g/mol. The maximum Gasteiger partial charge on any atom is 0.151 e. The third-order valence-electron chi connectivity index (χ3n) is 1.97. The number of amidine groups is 1. The summed E-state index contributed by atoms with van der Waals surface area (Å²) in [7, 11) is 0. The molecule has 12 heavy (non-hydrogen) atoms. The van der Waals surface area contributed by atoms with Gasteiger partial charge in [0, 0.05) is 11.8 Å². The predicted octanol–water partition coefficient (Wildman–Crippen LogP) is -0.274. The molecule has 1 saturated heterocycles. The molecule has 0 radical (unpaired) electrons.